The topological polar surface area (TPSA) is 63.5 Å². The van der Waals surface area contributed by atoms with Crippen molar-refractivity contribution >= 4 is 11.8 Å². The van der Waals surface area contributed by atoms with Crippen LogP contribution >= 0.6 is 0 Å². The molecule has 3 aromatic rings. The van der Waals surface area contributed by atoms with Gasteiger partial charge in [0.25, 0.3) is 5.91 Å². The van der Waals surface area contributed by atoms with Gasteiger partial charge in [-0.1, -0.05) is 44.5 Å². The van der Waals surface area contributed by atoms with Crippen molar-refractivity contribution in [2.75, 3.05) is 19.0 Å². The molecule has 3 rings (SSSR count). The number of anilines is 1. The maximum Gasteiger partial charge on any atom is 0.416 e. The Bertz CT molecular complexity index is 1090. The number of benzene rings is 2. The van der Waals surface area contributed by atoms with E-state index in [1.165, 1.54) is 12.1 Å². The molecule has 182 valence electrons. The lowest BCUT2D eigenvalue weighted by atomic mass is 10.0. The zero-order chi connectivity index (χ0) is 24.7. The summed E-state index contributed by atoms with van der Waals surface area (Å²) in [5.41, 5.74) is 1.64. The van der Waals surface area contributed by atoms with E-state index in [0.717, 1.165) is 36.3 Å². The molecule has 0 atom stereocenters. The smallest absolute Gasteiger partial charge is 0.416 e. The number of hydrogen-bond acceptors (Lipinski definition) is 4. The maximum absolute atomic E-state index is 13.1. The van der Waals surface area contributed by atoms with Crippen LogP contribution in [-0.2, 0) is 19.1 Å². The molecule has 1 heterocycles. The van der Waals surface area contributed by atoms with E-state index in [-0.39, 0.29) is 11.7 Å². The molecule has 0 aliphatic carbocycles. The zero-order valence-electron chi connectivity index (χ0n) is 19.5. The van der Waals surface area contributed by atoms with Crippen molar-refractivity contribution in [1.29, 1.82) is 0 Å². The first kappa shape index (κ1) is 25.2. The number of unbranched alkanes of at least 4 members (excludes halogenated alkanes) is 1. The Labute approximate surface area is 197 Å². The molecule has 0 unspecified atom stereocenters. The summed E-state index contributed by atoms with van der Waals surface area (Å²) in [5, 5.41) is 6.14. The lowest BCUT2D eigenvalue weighted by Gasteiger charge is -2.09. The van der Waals surface area contributed by atoms with Gasteiger partial charge < -0.3 is 19.8 Å². The van der Waals surface area contributed by atoms with Crippen molar-refractivity contribution in [2.24, 2.45) is 0 Å². The first-order valence-corrected chi connectivity index (χ1v) is 11.3. The van der Waals surface area contributed by atoms with Gasteiger partial charge in [-0.15, -0.1) is 0 Å². The number of alkyl halides is 3. The van der Waals surface area contributed by atoms with Crippen molar-refractivity contribution < 1.29 is 27.1 Å². The highest BCUT2D eigenvalue weighted by Crippen LogP contribution is 2.37. The number of hydrogen-bond donors (Lipinski definition) is 2. The minimum absolute atomic E-state index is 0.247. The van der Waals surface area contributed by atoms with Crippen molar-refractivity contribution in [3.8, 4) is 17.1 Å². The molecule has 1 amide bonds. The predicted octanol–water partition coefficient (Wildman–Crippen LogP) is 6.68. The summed E-state index contributed by atoms with van der Waals surface area (Å²) in [6.45, 7) is 4.87. The van der Waals surface area contributed by atoms with Crippen LogP contribution in [-0.4, -0.2) is 19.6 Å². The van der Waals surface area contributed by atoms with Gasteiger partial charge in [-0.05, 0) is 42.7 Å². The third-order valence-corrected chi connectivity index (χ3v) is 5.49. The van der Waals surface area contributed by atoms with E-state index in [1.54, 1.807) is 7.11 Å². The molecule has 0 radical (unpaired) electrons. The lowest BCUT2D eigenvalue weighted by molar-refractivity contribution is -0.137. The van der Waals surface area contributed by atoms with Crippen LogP contribution in [0.25, 0.3) is 11.3 Å². The van der Waals surface area contributed by atoms with E-state index in [1.807, 2.05) is 38.1 Å². The van der Waals surface area contributed by atoms with Crippen LogP contribution in [0.15, 0.2) is 52.9 Å². The predicted molar refractivity (Wildman–Crippen MR) is 126 cm³/mol. The quantitative estimate of drug-likeness (QED) is 0.322. The number of halogens is 3. The molecule has 0 aliphatic heterocycles. The van der Waals surface area contributed by atoms with E-state index in [2.05, 4.69) is 10.6 Å². The maximum atomic E-state index is 13.1. The number of methoxy groups -OCH3 is 1. The lowest BCUT2D eigenvalue weighted by Crippen LogP contribution is -2.25. The SMILES string of the molecule is CCCCNC(=O)c1c(-c2ccc(C(F)(F)F)cc2)oc(NCc2ccc(OC)cc2)c1CC. The molecule has 0 bridgehead atoms. The average Bonchev–Trinajstić information content (AvgIpc) is 3.21. The number of amides is 1. The molecule has 0 saturated carbocycles. The highest BCUT2D eigenvalue weighted by atomic mass is 19.4. The van der Waals surface area contributed by atoms with Crippen molar-refractivity contribution in [2.45, 2.75) is 45.8 Å². The van der Waals surface area contributed by atoms with Gasteiger partial charge in [-0.25, -0.2) is 0 Å². The highest BCUT2D eigenvalue weighted by Gasteiger charge is 2.31. The largest absolute Gasteiger partial charge is 0.497 e. The normalized spacial score (nSPS) is 11.4. The zero-order valence-corrected chi connectivity index (χ0v) is 19.5. The van der Waals surface area contributed by atoms with E-state index >= 15 is 0 Å². The number of ether oxygens (including phenoxy) is 1. The summed E-state index contributed by atoms with van der Waals surface area (Å²) in [6, 6.07) is 12.2. The minimum Gasteiger partial charge on any atom is -0.497 e. The van der Waals surface area contributed by atoms with Crippen LogP contribution in [0.3, 0.4) is 0 Å². The summed E-state index contributed by atoms with van der Waals surface area (Å²) in [5.74, 6) is 1.11. The molecule has 2 N–H and O–H groups in total. The second-order valence-corrected chi connectivity index (χ2v) is 7.85. The summed E-state index contributed by atoms with van der Waals surface area (Å²) in [7, 11) is 1.60. The monoisotopic (exact) mass is 474 g/mol. The summed E-state index contributed by atoms with van der Waals surface area (Å²) >= 11 is 0. The summed E-state index contributed by atoms with van der Waals surface area (Å²) in [4.78, 5) is 13.1. The molecular weight excluding hydrogens is 445 g/mol. The third-order valence-electron chi connectivity index (χ3n) is 5.49. The Kier molecular flexibility index (Phi) is 8.26. The molecule has 0 saturated heterocycles. The van der Waals surface area contributed by atoms with Gasteiger partial charge in [0, 0.05) is 24.2 Å². The van der Waals surface area contributed by atoms with E-state index < -0.39 is 11.7 Å². The minimum atomic E-state index is -4.44. The number of rotatable bonds is 10. The van der Waals surface area contributed by atoms with Crippen LogP contribution in [0.4, 0.5) is 19.1 Å². The van der Waals surface area contributed by atoms with Crippen molar-refractivity contribution in [1.82, 2.24) is 5.32 Å². The Morgan fingerprint density at radius 3 is 2.26 bits per heavy atom. The molecule has 1 aromatic heterocycles. The van der Waals surface area contributed by atoms with E-state index in [4.69, 9.17) is 9.15 Å². The Morgan fingerprint density at radius 2 is 1.71 bits per heavy atom. The highest BCUT2D eigenvalue weighted by molar-refractivity contribution is 6.02. The molecule has 5 nitrogen and oxygen atoms in total. The van der Waals surface area contributed by atoms with E-state index in [0.29, 0.717) is 42.1 Å². The van der Waals surface area contributed by atoms with Gasteiger partial charge >= 0.3 is 6.18 Å². The van der Waals surface area contributed by atoms with Crippen LogP contribution in [0.1, 0.15) is 53.7 Å². The van der Waals surface area contributed by atoms with Crippen molar-refractivity contribution in [3.63, 3.8) is 0 Å². The molecule has 2 aromatic carbocycles. The molecule has 0 aliphatic rings. The van der Waals surface area contributed by atoms with Crippen LogP contribution in [0, 0.1) is 0 Å². The number of carbonyl (C=O) groups is 1. The van der Waals surface area contributed by atoms with Crippen LogP contribution < -0.4 is 15.4 Å². The van der Waals surface area contributed by atoms with Crippen LogP contribution in [0.2, 0.25) is 0 Å². The Hall–Kier alpha value is -3.42. The van der Waals surface area contributed by atoms with Crippen LogP contribution in [0.5, 0.6) is 5.75 Å². The Morgan fingerprint density at radius 1 is 1.03 bits per heavy atom. The fourth-order valence-electron chi connectivity index (χ4n) is 3.59. The van der Waals surface area contributed by atoms with Gasteiger partial charge in [0.05, 0.1) is 18.2 Å². The standard InChI is InChI=1S/C26H29F3N2O3/c1-4-6-15-30-24(32)22-21(5-2)25(31-16-17-7-13-20(33-3)14-8-17)34-23(22)18-9-11-19(12-10-18)26(27,28)29/h7-14,31H,4-6,15-16H2,1-3H3,(H,30,32). The molecule has 0 spiro atoms. The number of furan rings is 1. The first-order chi connectivity index (χ1) is 16.3. The molecule has 34 heavy (non-hydrogen) atoms. The second kappa shape index (κ2) is 11.1. The van der Waals surface area contributed by atoms with Gasteiger partial charge in [0.1, 0.15) is 11.5 Å². The van der Waals surface area contributed by atoms with Gasteiger partial charge in [-0.2, -0.15) is 13.2 Å². The Balaban J connectivity index is 1.96. The fraction of sp³-hybridized carbons (Fsp3) is 0.346. The molecule has 0 fully saturated rings. The summed E-state index contributed by atoms with van der Waals surface area (Å²) in [6.07, 6.45) is -2.19. The molecule has 8 heteroatoms. The average molecular weight is 475 g/mol. The number of nitrogens with one attached hydrogen (secondary N) is 2. The second-order valence-electron chi connectivity index (χ2n) is 7.85. The number of carbonyl (C=O) groups excluding carboxylic acids is 1. The van der Waals surface area contributed by atoms with Gasteiger partial charge in [0.15, 0.2) is 5.88 Å². The van der Waals surface area contributed by atoms with Gasteiger partial charge in [-0.3, -0.25) is 4.79 Å². The first-order valence-electron chi connectivity index (χ1n) is 11.3. The molecular formula is C26H29F3N2O3. The fourth-order valence-corrected chi connectivity index (χ4v) is 3.59. The third kappa shape index (κ3) is 5.92. The van der Waals surface area contributed by atoms with E-state index in [9.17, 15) is 18.0 Å². The van der Waals surface area contributed by atoms with Crippen molar-refractivity contribution in [3.05, 3.63) is 70.8 Å². The summed E-state index contributed by atoms with van der Waals surface area (Å²) < 4.78 is 50.3. The van der Waals surface area contributed by atoms with Gasteiger partial charge in [0.2, 0.25) is 0 Å².